The van der Waals surface area contributed by atoms with E-state index in [2.05, 4.69) is 6.58 Å². The minimum absolute atomic E-state index is 0.199. The summed E-state index contributed by atoms with van der Waals surface area (Å²) in [5.74, 6) is -0.478. The molecule has 0 radical (unpaired) electrons. The smallest absolute Gasteiger partial charge is 0.333 e. The van der Waals surface area contributed by atoms with Gasteiger partial charge < -0.3 is 14.3 Å². The highest BCUT2D eigenvalue weighted by atomic mass is 28.2. The molecule has 0 spiro atoms. The highest BCUT2D eigenvalue weighted by molar-refractivity contribution is 5.98. The maximum atomic E-state index is 11.3. The number of esters is 1. The summed E-state index contributed by atoms with van der Waals surface area (Å²) < 4.78 is 10.4. The number of carbonyl (C=O) groups is 1. The molecule has 0 aliphatic carbocycles. The van der Waals surface area contributed by atoms with Crippen molar-refractivity contribution >= 4 is 16.5 Å². The maximum Gasteiger partial charge on any atom is 0.333 e. The van der Waals surface area contributed by atoms with Crippen molar-refractivity contribution in [3.8, 4) is 0 Å². The molecule has 0 heterocycles. The van der Waals surface area contributed by atoms with Crippen molar-refractivity contribution in [3.63, 3.8) is 0 Å². The maximum absolute atomic E-state index is 11.3. The summed E-state index contributed by atoms with van der Waals surface area (Å²) in [6.07, 6.45) is 0.924. The van der Waals surface area contributed by atoms with Crippen LogP contribution in [0.15, 0.2) is 12.2 Å². The molecule has 2 atom stereocenters. The highest BCUT2D eigenvalue weighted by Gasteiger charge is 2.23. The Morgan fingerprint density at radius 2 is 2.13 bits per heavy atom. The SMILES string of the molecule is C=C(C)C(=O)OC(CO)C(CCC)O[SiH3]. The number of hydrogen-bond acceptors (Lipinski definition) is 4. The second-order valence-corrected chi connectivity index (χ2v) is 3.94. The molecule has 0 aliphatic rings. The molecular formula is C10H20O4Si. The van der Waals surface area contributed by atoms with E-state index in [1.54, 1.807) is 6.92 Å². The van der Waals surface area contributed by atoms with E-state index in [0.717, 1.165) is 12.8 Å². The third kappa shape index (κ3) is 5.11. The molecule has 88 valence electrons. The zero-order chi connectivity index (χ0) is 11.8. The monoisotopic (exact) mass is 232 g/mol. The fourth-order valence-electron chi connectivity index (χ4n) is 1.21. The van der Waals surface area contributed by atoms with Crippen molar-refractivity contribution in [3.05, 3.63) is 12.2 Å². The van der Waals surface area contributed by atoms with Crippen molar-refractivity contribution in [2.45, 2.75) is 38.9 Å². The quantitative estimate of drug-likeness (QED) is 0.379. The van der Waals surface area contributed by atoms with Crippen LogP contribution in [0.2, 0.25) is 0 Å². The van der Waals surface area contributed by atoms with Crippen LogP contribution in [0.5, 0.6) is 0 Å². The molecule has 0 bridgehead atoms. The van der Waals surface area contributed by atoms with Gasteiger partial charge in [0.1, 0.15) is 16.6 Å². The lowest BCUT2D eigenvalue weighted by Crippen LogP contribution is -2.36. The zero-order valence-corrected chi connectivity index (χ0v) is 11.7. The van der Waals surface area contributed by atoms with Gasteiger partial charge in [0.05, 0.1) is 12.7 Å². The van der Waals surface area contributed by atoms with Crippen LogP contribution in [0.3, 0.4) is 0 Å². The fraction of sp³-hybridized carbons (Fsp3) is 0.700. The average Bonchev–Trinajstić information content (AvgIpc) is 2.22. The molecule has 2 unspecified atom stereocenters. The minimum Gasteiger partial charge on any atom is -0.454 e. The lowest BCUT2D eigenvalue weighted by atomic mass is 10.1. The summed E-state index contributed by atoms with van der Waals surface area (Å²) in [6.45, 7) is 6.86. The predicted molar refractivity (Wildman–Crippen MR) is 61.5 cm³/mol. The highest BCUT2D eigenvalue weighted by Crippen LogP contribution is 2.11. The summed E-state index contributed by atoms with van der Waals surface area (Å²) in [7, 11) is 0.561. The molecule has 0 fully saturated rings. The zero-order valence-electron chi connectivity index (χ0n) is 9.66. The van der Waals surface area contributed by atoms with Crippen LogP contribution in [0.1, 0.15) is 26.7 Å². The first kappa shape index (κ1) is 14.3. The Morgan fingerprint density at radius 3 is 2.47 bits per heavy atom. The third-order valence-electron chi connectivity index (χ3n) is 2.08. The van der Waals surface area contributed by atoms with E-state index in [1.165, 1.54) is 0 Å². The summed E-state index contributed by atoms with van der Waals surface area (Å²) in [6, 6.07) is 0. The molecule has 0 aromatic rings. The number of ether oxygens (including phenoxy) is 1. The molecule has 4 nitrogen and oxygen atoms in total. The van der Waals surface area contributed by atoms with Crippen LogP contribution in [0.4, 0.5) is 0 Å². The lowest BCUT2D eigenvalue weighted by Gasteiger charge is -2.24. The average molecular weight is 232 g/mol. The minimum atomic E-state index is -0.577. The first-order chi connectivity index (χ1) is 7.06. The molecule has 0 saturated heterocycles. The number of rotatable bonds is 7. The van der Waals surface area contributed by atoms with Gasteiger partial charge in [0, 0.05) is 5.57 Å². The summed E-state index contributed by atoms with van der Waals surface area (Å²) >= 11 is 0. The van der Waals surface area contributed by atoms with Gasteiger partial charge in [0.25, 0.3) is 0 Å². The van der Waals surface area contributed by atoms with Gasteiger partial charge in [-0.2, -0.15) is 0 Å². The Balaban J connectivity index is 4.32. The third-order valence-corrected chi connectivity index (χ3v) is 2.68. The van der Waals surface area contributed by atoms with Gasteiger partial charge in [-0.3, -0.25) is 0 Å². The Hall–Kier alpha value is -0.653. The largest absolute Gasteiger partial charge is 0.454 e. The van der Waals surface area contributed by atoms with Crippen molar-refractivity contribution in [1.29, 1.82) is 0 Å². The standard InChI is InChI=1S/C10H20O4Si/c1-4-5-8(14-15)9(6-11)13-10(12)7(2)3/h8-9,11H,2,4-6H2,1,3,15H3. The van der Waals surface area contributed by atoms with Crippen LogP contribution in [-0.2, 0) is 14.0 Å². The summed E-state index contributed by atoms with van der Waals surface area (Å²) in [5.41, 5.74) is 0.331. The van der Waals surface area contributed by atoms with Crippen molar-refractivity contribution in [2.75, 3.05) is 6.61 Å². The lowest BCUT2D eigenvalue weighted by molar-refractivity contribution is -0.152. The number of hydrogen-bond donors (Lipinski definition) is 1. The van der Waals surface area contributed by atoms with Crippen LogP contribution >= 0.6 is 0 Å². The molecule has 0 rings (SSSR count). The molecule has 0 saturated carbocycles. The normalized spacial score (nSPS) is 14.6. The van der Waals surface area contributed by atoms with E-state index in [1.807, 2.05) is 6.92 Å². The Morgan fingerprint density at radius 1 is 1.53 bits per heavy atom. The first-order valence-electron chi connectivity index (χ1n) is 5.06. The van der Waals surface area contributed by atoms with Gasteiger partial charge in [0.2, 0.25) is 0 Å². The summed E-state index contributed by atoms with van der Waals surface area (Å²) in [5, 5.41) is 9.11. The number of carbonyl (C=O) groups excluding carboxylic acids is 1. The van der Waals surface area contributed by atoms with Gasteiger partial charge in [-0.1, -0.05) is 19.9 Å². The second kappa shape index (κ2) is 7.61. The number of aliphatic hydroxyl groups excluding tert-OH is 1. The van der Waals surface area contributed by atoms with E-state index >= 15 is 0 Å². The van der Waals surface area contributed by atoms with Crippen LogP contribution in [0, 0.1) is 0 Å². The second-order valence-electron chi connectivity index (χ2n) is 3.47. The molecule has 0 amide bonds. The Bertz CT molecular complexity index is 217. The van der Waals surface area contributed by atoms with Gasteiger partial charge in [-0.05, 0) is 13.3 Å². The topological polar surface area (TPSA) is 55.8 Å². The van der Waals surface area contributed by atoms with Crippen molar-refractivity contribution in [2.24, 2.45) is 0 Å². The summed E-state index contributed by atoms with van der Waals surface area (Å²) in [4.78, 5) is 11.3. The molecule has 0 aromatic carbocycles. The number of aliphatic hydroxyl groups is 1. The van der Waals surface area contributed by atoms with Crippen LogP contribution < -0.4 is 0 Å². The fourth-order valence-corrected chi connectivity index (χ4v) is 1.75. The van der Waals surface area contributed by atoms with Gasteiger partial charge >= 0.3 is 5.97 Å². The van der Waals surface area contributed by atoms with Gasteiger partial charge in [-0.15, -0.1) is 0 Å². The van der Waals surface area contributed by atoms with E-state index in [0.29, 0.717) is 16.1 Å². The Labute approximate surface area is 93.8 Å². The molecule has 0 aliphatic heterocycles. The van der Waals surface area contributed by atoms with Crippen LogP contribution in [0.25, 0.3) is 0 Å². The molecular weight excluding hydrogens is 212 g/mol. The first-order valence-corrected chi connectivity index (χ1v) is 5.88. The van der Waals surface area contributed by atoms with Crippen LogP contribution in [-0.4, -0.2) is 40.4 Å². The van der Waals surface area contributed by atoms with E-state index in [4.69, 9.17) is 14.3 Å². The van der Waals surface area contributed by atoms with E-state index in [-0.39, 0.29) is 12.7 Å². The van der Waals surface area contributed by atoms with Crippen molar-refractivity contribution in [1.82, 2.24) is 0 Å². The van der Waals surface area contributed by atoms with Gasteiger partial charge in [0.15, 0.2) is 0 Å². The van der Waals surface area contributed by atoms with E-state index in [9.17, 15) is 4.79 Å². The predicted octanol–water partition coefficient (Wildman–Crippen LogP) is -0.0677. The molecule has 0 aromatic heterocycles. The Kier molecular flexibility index (Phi) is 7.28. The van der Waals surface area contributed by atoms with Gasteiger partial charge in [-0.25, -0.2) is 4.79 Å². The van der Waals surface area contributed by atoms with Crippen molar-refractivity contribution < 1.29 is 19.1 Å². The molecule has 1 N–H and O–H groups in total. The molecule has 15 heavy (non-hydrogen) atoms. The van der Waals surface area contributed by atoms with E-state index < -0.39 is 12.1 Å². The molecule has 5 heteroatoms.